The van der Waals surface area contributed by atoms with Gasteiger partial charge in [-0.1, -0.05) is 12.1 Å². The van der Waals surface area contributed by atoms with E-state index in [9.17, 15) is 18.8 Å². The quantitative estimate of drug-likeness (QED) is 0.438. The predicted molar refractivity (Wildman–Crippen MR) is 126 cm³/mol. The Bertz CT molecular complexity index is 1360. The Hall–Kier alpha value is -4.24. The number of rotatable bonds is 5. The van der Waals surface area contributed by atoms with Crippen molar-refractivity contribution in [3.63, 3.8) is 0 Å². The Morgan fingerprint density at radius 1 is 1.12 bits per heavy atom. The van der Waals surface area contributed by atoms with E-state index in [4.69, 9.17) is 4.74 Å². The van der Waals surface area contributed by atoms with Gasteiger partial charge in [-0.3, -0.25) is 14.4 Å². The highest BCUT2D eigenvalue weighted by Crippen LogP contribution is 2.38. The van der Waals surface area contributed by atoms with Crippen molar-refractivity contribution in [1.29, 1.82) is 0 Å². The van der Waals surface area contributed by atoms with E-state index in [-0.39, 0.29) is 30.1 Å². The van der Waals surface area contributed by atoms with E-state index in [1.54, 1.807) is 36.4 Å². The van der Waals surface area contributed by atoms with Crippen LogP contribution in [0.5, 0.6) is 0 Å². The van der Waals surface area contributed by atoms with Gasteiger partial charge in [-0.2, -0.15) is 0 Å². The molecule has 0 fully saturated rings. The van der Waals surface area contributed by atoms with Gasteiger partial charge >= 0.3 is 0 Å². The molecular formula is C25H21FN4O4. The van der Waals surface area contributed by atoms with Crippen molar-refractivity contribution >= 4 is 40.7 Å². The zero-order valence-electron chi connectivity index (χ0n) is 18.3. The lowest BCUT2D eigenvalue weighted by Gasteiger charge is -2.14. The van der Waals surface area contributed by atoms with Crippen LogP contribution in [0.4, 0.5) is 15.8 Å². The van der Waals surface area contributed by atoms with Gasteiger partial charge in [-0.25, -0.2) is 4.39 Å². The Labute approximate surface area is 194 Å². The number of halogens is 1. The second-order valence-electron chi connectivity index (χ2n) is 8.03. The lowest BCUT2D eigenvalue weighted by molar-refractivity contribution is -0.119. The van der Waals surface area contributed by atoms with E-state index in [1.807, 2.05) is 0 Å². The minimum atomic E-state index is -0.385. The number of nitrogens with one attached hydrogen (secondary N) is 4. The van der Waals surface area contributed by atoms with Crippen molar-refractivity contribution in [2.75, 3.05) is 30.9 Å². The van der Waals surface area contributed by atoms with Crippen LogP contribution >= 0.6 is 0 Å². The highest BCUT2D eigenvalue weighted by molar-refractivity contribution is 6.35. The molecule has 0 saturated carbocycles. The Kier molecular flexibility index (Phi) is 5.46. The van der Waals surface area contributed by atoms with E-state index < -0.39 is 0 Å². The number of amides is 3. The second-order valence-corrected chi connectivity index (χ2v) is 8.03. The fourth-order valence-electron chi connectivity index (χ4n) is 4.31. The summed E-state index contributed by atoms with van der Waals surface area (Å²) in [4.78, 5) is 40.8. The lowest BCUT2D eigenvalue weighted by atomic mass is 9.95. The summed E-state index contributed by atoms with van der Waals surface area (Å²) in [6, 6.07) is 11.0. The van der Waals surface area contributed by atoms with Gasteiger partial charge in [-0.15, -0.1) is 0 Å². The summed E-state index contributed by atoms with van der Waals surface area (Å²) in [6.45, 7) is 0.410. The minimum Gasteiger partial charge on any atom is -0.375 e. The number of benzene rings is 2. The molecule has 9 heteroatoms. The molecule has 2 aromatic carbocycles. The first kappa shape index (κ1) is 21.6. The maximum absolute atomic E-state index is 13.6. The van der Waals surface area contributed by atoms with Crippen LogP contribution in [-0.2, 0) is 20.7 Å². The first-order valence-corrected chi connectivity index (χ1v) is 10.7. The maximum atomic E-state index is 13.6. The van der Waals surface area contributed by atoms with Gasteiger partial charge in [0.1, 0.15) is 12.4 Å². The number of aromatic nitrogens is 1. The Morgan fingerprint density at radius 3 is 2.68 bits per heavy atom. The molecule has 0 spiro atoms. The molecule has 2 aliphatic rings. The Balaban J connectivity index is 1.62. The summed E-state index contributed by atoms with van der Waals surface area (Å²) >= 11 is 0. The molecular weight excluding hydrogens is 439 g/mol. The van der Waals surface area contributed by atoms with Gasteiger partial charge in [0.2, 0.25) is 5.91 Å². The molecule has 172 valence electrons. The van der Waals surface area contributed by atoms with Crippen LogP contribution in [0.2, 0.25) is 0 Å². The monoisotopic (exact) mass is 460 g/mol. The summed E-state index contributed by atoms with van der Waals surface area (Å²) in [6.07, 6.45) is 2.29. The van der Waals surface area contributed by atoms with Crippen molar-refractivity contribution in [1.82, 2.24) is 10.3 Å². The average molecular weight is 460 g/mol. The third kappa shape index (κ3) is 3.86. The van der Waals surface area contributed by atoms with Crippen molar-refractivity contribution in [3.05, 3.63) is 70.8 Å². The molecule has 0 unspecified atom stereocenters. The average Bonchev–Trinajstić information content (AvgIpc) is 3.33. The van der Waals surface area contributed by atoms with Gasteiger partial charge in [-0.05, 0) is 42.0 Å². The molecule has 4 N–H and O–H groups in total. The van der Waals surface area contributed by atoms with Gasteiger partial charge < -0.3 is 25.7 Å². The first-order valence-electron chi connectivity index (χ1n) is 10.7. The molecule has 2 aliphatic heterocycles. The number of fused-ring (bicyclic) bond motifs is 2. The second kappa shape index (κ2) is 8.60. The SMILES string of the molecule is COCC(=O)Nc1ccc2c(c1)C(=Cc1[nH]c3c(c1-c1ccc(F)cc1)C(=O)NCC3)C(=O)N2. The molecule has 0 bridgehead atoms. The smallest absolute Gasteiger partial charge is 0.256 e. The standard InChI is InChI=1S/C25H21FN4O4/c1-34-12-21(31)28-15-6-7-18-16(10-15)17(24(32)30-18)11-20-22(13-2-4-14(26)5-3-13)23-19(29-20)8-9-27-25(23)33/h2-7,10-11,29H,8-9,12H2,1H3,(H,27,33)(H,28,31)(H,30,32). The topological polar surface area (TPSA) is 112 Å². The number of carbonyl (C=O) groups is 3. The van der Waals surface area contributed by atoms with Crippen LogP contribution < -0.4 is 16.0 Å². The molecule has 5 rings (SSSR count). The number of hydrogen-bond acceptors (Lipinski definition) is 4. The molecule has 3 amide bonds. The number of aromatic amines is 1. The maximum Gasteiger partial charge on any atom is 0.256 e. The fourth-order valence-corrected chi connectivity index (χ4v) is 4.31. The van der Waals surface area contributed by atoms with E-state index >= 15 is 0 Å². The highest BCUT2D eigenvalue weighted by atomic mass is 19.1. The molecule has 8 nitrogen and oxygen atoms in total. The molecule has 1 aromatic heterocycles. The fraction of sp³-hybridized carbons (Fsp3) is 0.160. The molecule has 0 aliphatic carbocycles. The zero-order chi connectivity index (χ0) is 23.8. The first-order chi connectivity index (χ1) is 16.4. The van der Waals surface area contributed by atoms with Crippen molar-refractivity contribution in [3.8, 4) is 11.1 Å². The summed E-state index contributed by atoms with van der Waals surface area (Å²) in [5, 5.41) is 8.40. The van der Waals surface area contributed by atoms with Crippen molar-refractivity contribution < 1.29 is 23.5 Å². The molecule has 0 radical (unpaired) electrons. The zero-order valence-corrected chi connectivity index (χ0v) is 18.3. The van der Waals surface area contributed by atoms with Gasteiger partial charge in [0.05, 0.1) is 11.1 Å². The molecule has 34 heavy (non-hydrogen) atoms. The highest BCUT2D eigenvalue weighted by Gasteiger charge is 2.29. The molecule has 0 atom stereocenters. The summed E-state index contributed by atoms with van der Waals surface area (Å²) in [7, 11) is 1.43. The molecule has 0 saturated heterocycles. The molecule has 3 heterocycles. The number of anilines is 2. The number of H-pyrrole nitrogens is 1. The predicted octanol–water partition coefficient (Wildman–Crippen LogP) is 3.18. The van der Waals surface area contributed by atoms with Crippen LogP contribution in [-0.4, -0.2) is 43.0 Å². The van der Waals surface area contributed by atoms with Crippen LogP contribution in [0.1, 0.15) is 27.3 Å². The van der Waals surface area contributed by atoms with Crippen molar-refractivity contribution in [2.24, 2.45) is 0 Å². The van der Waals surface area contributed by atoms with Crippen LogP contribution in [0.25, 0.3) is 22.8 Å². The van der Waals surface area contributed by atoms with E-state index in [0.717, 1.165) is 5.69 Å². The summed E-state index contributed by atoms with van der Waals surface area (Å²) < 4.78 is 18.4. The van der Waals surface area contributed by atoms with Crippen molar-refractivity contribution in [2.45, 2.75) is 6.42 Å². The minimum absolute atomic E-state index is 0.0892. The normalized spacial score (nSPS) is 15.5. The summed E-state index contributed by atoms with van der Waals surface area (Å²) in [5.74, 6) is -1.23. The number of carbonyl (C=O) groups excluding carboxylic acids is 3. The summed E-state index contributed by atoms with van der Waals surface area (Å²) in [5.41, 5.74) is 5.19. The lowest BCUT2D eigenvalue weighted by Crippen LogP contribution is -2.31. The molecule has 3 aromatic rings. The van der Waals surface area contributed by atoms with Gasteiger partial charge in [0.15, 0.2) is 0 Å². The van der Waals surface area contributed by atoms with E-state index in [2.05, 4.69) is 20.9 Å². The number of methoxy groups -OCH3 is 1. The van der Waals surface area contributed by atoms with Crippen LogP contribution in [0.3, 0.4) is 0 Å². The van der Waals surface area contributed by atoms with Gasteiger partial charge in [0.25, 0.3) is 11.8 Å². The Morgan fingerprint density at radius 2 is 1.91 bits per heavy atom. The van der Waals surface area contributed by atoms with Crippen LogP contribution in [0, 0.1) is 5.82 Å². The van der Waals surface area contributed by atoms with Gasteiger partial charge in [0, 0.05) is 54.0 Å². The number of hydrogen-bond donors (Lipinski definition) is 4. The largest absolute Gasteiger partial charge is 0.375 e. The van der Waals surface area contributed by atoms with E-state index in [0.29, 0.717) is 57.9 Å². The number of ether oxygens (including phenoxy) is 1. The van der Waals surface area contributed by atoms with E-state index in [1.165, 1.54) is 19.2 Å². The van der Waals surface area contributed by atoms with Crippen LogP contribution in [0.15, 0.2) is 42.5 Å². The third-order valence-corrected chi connectivity index (χ3v) is 5.78. The third-order valence-electron chi connectivity index (χ3n) is 5.78.